The summed E-state index contributed by atoms with van der Waals surface area (Å²) in [7, 11) is 0. The number of rotatable bonds is 7. The molecule has 0 fully saturated rings. The minimum absolute atomic E-state index is 0.893. The minimum atomic E-state index is 0.893. The van der Waals surface area contributed by atoms with E-state index in [4.69, 9.17) is 0 Å². The first-order chi connectivity index (χ1) is 9.17. The smallest absolute Gasteiger partial charge is 0.191 e. The highest BCUT2D eigenvalue weighted by Crippen LogP contribution is 2.16. The van der Waals surface area contributed by atoms with Gasteiger partial charge in [0.1, 0.15) is 0 Å². The van der Waals surface area contributed by atoms with Crippen molar-refractivity contribution >= 4 is 17.3 Å². The van der Waals surface area contributed by atoms with Crippen LogP contribution in [0.5, 0.6) is 0 Å². The maximum Gasteiger partial charge on any atom is 0.191 e. The average Bonchev–Trinajstić information content (AvgIpc) is 2.68. The zero-order chi connectivity index (χ0) is 14.1. The van der Waals surface area contributed by atoms with Crippen LogP contribution >= 0.6 is 11.3 Å². The van der Waals surface area contributed by atoms with Crippen molar-refractivity contribution in [2.75, 3.05) is 19.6 Å². The van der Waals surface area contributed by atoms with E-state index in [1.807, 2.05) is 0 Å². The lowest BCUT2D eigenvalue weighted by atomic mass is 10.3. The van der Waals surface area contributed by atoms with Gasteiger partial charge in [-0.25, -0.2) is 4.98 Å². The maximum absolute atomic E-state index is 4.54. The van der Waals surface area contributed by atoms with Gasteiger partial charge in [0, 0.05) is 30.9 Å². The van der Waals surface area contributed by atoms with Crippen molar-refractivity contribution in [3.63, 3.8) is 0 Å². The van der Waals surface area contributed by atoms with E-state index in [-0.39, 0.29) is 0 Å². The monoisotopic (exact) mass is 282 g/mol. The number of hydrogen-bond donors (Lipinski definition) is 2. The summed E-state index contributed by atoms with van der Waals surface area (Å²) >= 11 is 1.79. The number of guanidine groups is 1. The zero-order valence-corrected chi connectivity index (χ0v) is 13.4. The zero-order valence-electron chi connectivity index (χ0n) is 12.5. The number of unbranched alkanes of at least 4 members (excludes halogenated alkanes) is 1. The number of nitrogens with zero attached hydrogens (tertiary/aromatic N) is 2. The number of aromatic nitrogens is 1. The van der Waals surface area contributed by atoms with E-state index in [0.29, 0.717) is 0 Å². The number of hydrogen-bond acceptors (Lipinski definition) is 3. The van der Waals surface area contributed by atoms with Crippen molar-refractivity contribution < 1.29 is 0 Å². The lowest BCUT2D eigenvalue weighted by Gasteiger charge is -2.10. The standard InChI is InChI=1S/C14H26N4S/c1-5-7-9-16-14(15-6-2)17-10-8-13-11(3)18-12(4)19-13/h5-10H2,1-4H3,(H2,15,16,17). The van der Waals surface area contributed by atoms with Gasteiger partial charge in [-0.15, -0.1) is 11.3 Å². The molecule has 0 aliphatic carbocycles. The summed E-state index contributed by atoms with van der Waals surface area (Å²) in [6.07, 6.45) is 3.33. The molecule has 108 valence electrons. The Kier molecular flexibility index (Phi) is 7.48. The van der Waals surface area contributed by atoms with Crippen LogP contribution in [0.4, 0.5) is 0 Å². The number of aryl methyl sites for hydroxylation is 2. The first-order valence-electron chi connectivity index (χ1n) is 7.12. The van der Waals surface area contributed by atoms with Gasteiger partial charge in [0.25, 0.3) is 0 Å². The third kappa shape index (κ3) is 6.05. The van der Waals surface area contributed by atoms with Crippen molar-refractivity contribution in [3.05, 3.63) is 15.6 Å². The molecular formula is C14H26N4S. The van der Waals surface area contributed by atoms with Gasteiger partial charge in [0.2, 0.25) is 0 Å². The highest BCUT2D eigenvalue weighted by Gasteiger charge is 2.04. The molecule has 2 N–H and O–H groups in total. The minimum Gasteiger partial charge on any atom is -0.357 e. The molecule has 0 atom stereocenters. The van der Waals surface area contributed by atoms with Gasteiger partial charge >= 0.3 is 0 Å². The Hall–Kier alpha value is -1.10. The normalized spacial score (nSPS) is 11.7. The molecule has 19 heavy (non-hydrogen) atoms. The largest absolute Gasteiger partial charge is 0.357 e. The van der Waals surface area contributed by atoms with Gasteiger partial charge < -0.3 is 10.6 Å². The van der Waals surface area contributed by atoms with Gasteiger partial charge in [-0.3, -0.25) is 4.99 Å². The fourth-order valence-electron chi connectivity index (χ4n) is 1.79. The Morgan fingerprint density at radius 3 is 2.63 bits per heavy atom. The van der Waals surface area contributed by atoms with Crippen LogP contribution in [0.3, 0.4) is 0 Å². The van der Waals surface area contributed by atoms with Crippen LogP contribution in [0.1, 0.15) is 42.3 Å². The van der Waals surface area contributed by atoms with Crippen LogP contribution in [0.15, 0.2) is 4.99 Å². The number of aliphatic imine (C=N–C) groups is 1. The molecule has 0 aliphatic rings. The summed E-state index contributed by atoms with van der Waals surface area (Å²) in [5.74, 6) is 0.926. The Balaban J connectivity index is 2.39. The number of nitrogens with one attached hydrogen (secondary N) is 2. The van der Waals surface area contributed by atoms with E-state index in [9.17, 15) is 0 Å². The van der Waals surface area contributed by atoms with Crippen molar-refractivity contribution in [2.45, 2.75) is 47.0 Å². The van der Waals surface area contributed by atoms with Crippen LogP contribution in [-0.2, 0) is 6.42 Å². The molecule has 0 aliphatic heterocycles. The van der Waals surface area contributed by atoms with E-state index < -0.39 is 0 Å². The summed E-state index contributed by atoms with van der Waals surface area (Å²) in [5, 5.41) is 7.81. The van der Waals surface area contributed by atoms with Crippen LogP contribution < -0.4 is 10.6 Å². The predicted octanol–water partition coefficient (Wildman–Crippen LogP) is 2.66. The first kappa shape index (κ1) is 16.0. The third-order valence-electron chi connectivity index (χ3n) is 2.77. The summed E-state index contributed by atoms with van der Waals surface area (Å²) in [5.41, 5.74) is 1.16. The predicted molar refractivity (Wildman–Crippen MR) is 84.2 cm³/mol. The molecule has 0 radical (unpaired) electrons. The average molecular weight is 282 g/mol. The summed E-state index contributed by atoms with van der Waals surface area (Å²) < 4.78 is 0. The molecule has 0 unspecified atom stereocenters. The highest BCUT2D eigenvalue weighted by molar-refractivity contribution is 7.11. The Labute approximate surface area is 120 Å². The number of thiazole rings is 1. The molecule has 0 saturated heterocycles. The van der Waals surface area contributed by atoms with E-state index in [1.165, 1.54) is 11.3 Å². The summed E-state index contributed by atoms with van der Waals surface area (Å²) in [4.78, 5) is 10.4. The molecule has 1 aromatic rings. The molecule has 0 saturated carbocycles. The fourth-order valence-corrected chi connectivity index (χ4v) is 2.73. The van der Waals surface area contributed by atoms with Crippen molar-refractivity contribution in [2.24, 2.45) is 4.99 Å². The Morgan fingerprint density at radius 2 is 2.05 bits per heavy atom. The quantitative estimate of drug-likeness (QED) is 0.459. The summed E-state index contributed by atoms with van der Waals surface area (Å²) in [6, 6.07) is 0. The maximum atomic E-state index is 4.54. The van der Waals surface area contributed by atoms with E-state index in [0.717, 1.165) is 49.1 Å². The Bertz CT molecular complexity index is 398. The van der Waals surface area contributed by atoms with Crippen molar-refractivity contribution in [1.29, 1.82) is 0 Å². The molecule has 0 aromatic carbocycles. The van der Waals surface area contributed by atoms with Gasteiger partial charge in [-0.2, -0.15) is 0 Å². The second-order valence-electron chi connectivity index (χ2n) is 4.53. The van der Waals surface area contributed by atoms with Crippen LogP contribution in [0.25, 0.3) is 0 Å². The lowest BCUT2D eigenvalue weighted by Crippen LogP contribution is -2.38. The topological polar surface area (TPSA) is 49.3 Å². The SMILES string of the molecule is CCCCN=C(NCC)NCCc1sc(C)nc1C. The molecular weight excluding hydrogens is 256 g/mol. The van der Waals surface area contributed by atoms with Crippen LogP contribution in [0.2, 0.25) is 0 Å². The molecule has 0 amide bonds. The second-order valence-corrected chi connectivity index (χ2v) is 5.82. The third-order valence-corrected chi connectivity index (χ3v) is 3.90. The van der Waals surface area contributed by atoms with Gasteiger partial charge in [0.15, 0.2) is 5.96 Å². The second kappa shape index (κ2) is 8.91. The first-order valence-corrected chi connectivity index (χ1v) is 7.94. The molecule has 1 rings (SSSR count). The highest BCUT2D eigenvalue weighted by atomic mass is 32.1. The van der Waals surface area contributed by atoms with Crippen molar-refractivity contribution in [3.8, 4) is 0 Å². The van der Waals surface area contributed by atoms with Crippen molar-refractivity contribution in [1.82, 2.24) is 15.6 Å². The molecule has 0 spiro atoms. The van der Waals surface area contributed by atoms with E-state index in [1.54, 1.807) is 11.3 Å². The Morgan fingerprint density at radius 1 is 1.26 bits per heavy atom. The molecule has 4 nitrogen and oxygen atoms in total. The summed E-state index contributed by atoms with van der Waals surface area (Å²) in [6.45, 7) is 11.1. The van der Waals surface area contributed by atoms with Crippen LogP contribution in [-0.4, -0.2) is 30.6 Å². The van der Waals surface area contributed by atoms with E-state index >= 15 is 0 Å². The molecule has 0 bridgehead atoms. The molecule has 1 aromatic heterocycles. The van der Waals surface area contributed by atoms with Gasteiger partial charge in [0.05, 0.1) is 10.7 Å². The van der Waals surface area contributed by atoms with Gasteiger partial charge in [-0.05, 0) is 27.2 Å². The molecule has 1 heterocycles. The van der Waals surface area contributed by atoms with E-state index in [2.05, 4.69) is 48.3 Å². The fraction of sp³-hybridized carbons (Fsp3) is 0.714. The lowest BCUT2D eigenvalue weighted by molar-refractivity contribution is 0.768. The van der Waals surface area contributed by atoms with Gasteiger partial charge in [-0.1, -0.05) is 13.3 Å². The van der Waals surface area contributed by atoms with Crippen LogP contribution in [0, 0.1) is 13.8 Å². The molecule has 5 heteroatoms.